The summed E-state index contributed by atoms with van der Waals surface area (Å²) >= 11 is 0. The molecule has 0 bridgehead atoms. The lowest BCUT2D eigenvalue weighted by molar-refractivity contribution is 0.289. The van der Waals surface area contributed by atoms with Crippen LogP contribution in [0.3, 0.4) is 0 Å². The normalized spacial score (nSPS) is 28.2. The van der Waals surface area contributed by atoms with Crippen molar-refractivity contribution in [1.29, 1.82) is 0 Å². The third kappa shape index (κ3) is 5.42. The second-order valence-electron chi connectivity index (χ2n) is 6.37. The Labute approximate surface area is 109 Å². The molecule has 1 aliphatic rings. The molecule has 1 rings (SSSR count). The van der Waals surface area contributed by atoms with Crippen molar-refractivity contribution in [2.75, 3.05) is 6.54 Å². The summed E-state index contributed by atoms with van der Waals surface area (Å²) in [7, 11) is 0. The fourth-order valence-electron chi connectivity index (χ4n) is 3.43. The minimum atomic E-state index is 0.793. The highest BCUT2D eigenvalue weighted by atomic mass is 14.9. The van der Waals surface area contributed by atoms with Gasteiger partial charge >= 0.3 is 0 Å². The first-order valence-electron chi connectivity index (χ1n) is 7.90. The summed E-state index contributed by atoms with van der Waals surface area (Å²) in [5.41, 5.74) is 0. The third-order valence-electron chi connectivity index (χ3n) is 4.40. The molecule has 4 atom stereocenters. The number of hydrogen-bond acceptors (Lipinski definition) is 1. The zero-order chi connectivity index (χ0) is 12.7. The number of hydrogen-bond donors (Lipinski definition) is 1. The Bertz CT molecular complexity index is 190. The van der Waals surface area contributed by atoms with Crippen LogP contribution in [0, 0.1) is 17.8 Å². The average molecular weight is 239 g/mol. The molecule has 0 amide bonds. The van der Waals surface area contributed by atoms with Gasteiger partial charge in [0.2, 0.25) is 0 Å². The van der Waals surface area contributed by atoms with Crippen LogP contribution >= 0.6 is 0 Å². The van der Waals surface area contributed by atoms with Crippen LogP contribution in [-0.4, -0.2) is 12.6 Å². The number of nitrogens with one attached hydrogen (secondary N) is 1. The van der Waals surface area contributed by atoms with Crippen molar-refractivity contribution in [2.45, 2.75) is 78.7 Å². The summed E-state index contributed by atoms with van der Waals surface area (Å²) < 4.78 is 0. The maximum atomic E-state index is 3.82. The summed E-state index contributed by atoms with van der Waals surface area (Å²) in [4.78, 5) is 0. The van der Waals surface area contributed by atoms with Crippen LogP contribution in [0.4, 0.5) is 0 Å². The van der Waals surface area contributed by atoms with E-state index in [0.717, 1.165) is 23.8 Å². The molecule has 1 fully saturated rings. The molecule has 0 heterocycles. The molecule has 0 radical (unpaired) electrons. The predicted molar refractivity (Wildman–Crippen MR) is 77.3 cm³/mol. The molecule has 0 spiro atoms. The van der Waals surface area contributed by atoms with Gasteiger partial charge in [0.25, 0.3) is 0 Å². The Morgan fingerprint density at radius 3 is 2.47 bits per heavy atom. The van der Waals surface area contributed by atoms with Crippen molar-refractivity contribution in [3.05, 3.63) is 0 Å². The standard InChI is InChI=1S/C16H33N/c1-5-7-13(3)12-16(17-10-6-2)15-9-8-14(4)11-15/h13-17H,5-12H2,1-4H3. The Balaban J connectivity index is 2.41. The van der Waals surface area contributed by atoms with Gasteiger partial charge in [0, 0.05) is 6.04 Å². The topological polar surface area (TPSA) is 12.0 Å². The molecule has 4 unspecified atom stereocenters. The van der Waals surface area contributed by atoms with Gasteiger partial charge in [0.1, 0.15) is 0 Å². The van der Waals surface area contributed by atoms with E-state index in [9.17, 15) is 0 Å². The first kappa shape index (κ1) is 15.0. The van der Waals surface area contributed by atoms with Crippen LogP contribution in [0.2, 0.25) is 0 Å². The molecule has 1 N–H and O–H groups in total. The zero-order valence-electron chi connectivity index (χ0n) is 12.5. The Kier molecular flexibility index (Phi) is 7.18. The molecule has 1 saturated carbocycles. The van der Waals surface area contributed by atoms with E-state index in [1.165, 1.54) is 51.5 Å². The van der Waals surface area contributed by atoms with Crippen molar-refractivity contribution in [3.63, 3.8) is 0 Å². The lowest BCUT2D eigenvalue weighted by atomic mass is 9.87. The summed E-state index contributed by atoms with van der Waals surface area (Å²) in [6.45, 7) is 10.6. The van der Waals surface area contributed by atoms with Gasteiger partial charge in [-0.1, -0.05) is 47.0 Å². The van der Waals surface area contributed by atoms with Crippen molar-refractivity contribution in [3.8, 4) is 0 Å². The molecular formula is C16H33N. The van der Waals surface area contributed by atoms with Crippen LogP contribution in [0.25, 0.3) is 0 Å². The lowest BCUT2D eigenvalue weighted by Crippen LogP contribution is -2.37. The summed E-state index contributed by atoms with van der Waals surface area (Å²) in [6.07, 6.45) is 9.76. The summed E-state index contributed by atoms with van der Waals surface area (Å²) in [5, 5.41) is 3.82. The number of rotatable bonds is 8. The highest BCUT2D eigenvalue weighted by Gasteiger charge is 2.29. The van der Waals surface area contributed by atoms with Crippen molar-refractivity contribution in [1.82, 2.24) is 5.32 Å². The predicted octanol–water partition coefficient (Wildman–Crippen LogP) is 4.62. The minimum Gasteiger partial charge on any atom is -0.314 e. The maximum absolute atomic E-state index is 3.82. The van der Waals surface area contributed by atoms with Gasteiger partial charge < -0.3 is 5.32 Å². The van der Waals surface area contributed by atoms with Crippen molar-refractivity contribution in [2.24, 2.45) is 17.8 Å². The summed E-state index contributed by atoms with van der Waals surface area (Å²) in [5.74, 6) is 2.81. The van der Waals surface area contributed by atoms with Gasteiger partial charge in [0.15, 0.2) is 0 Å². The van der Waals surface area contributed by atoms with Crippen LogP contribution in [0.1, 0.15) is 72.6 Å². The van der Waals surface area contributed by atoms with Crippen molar-refractivity contribution < 1.29 is 0 Å². The molecule has 1 heteroatoms. The quantitative estimate of drug-likeness (QED) is 0.652. The smallest absolute Gasteiger partial charge is 0.00979 e. The first-order chi connectivity index (χ1) is 8.17. The zero-order valence-corrected chi connectivity index (χ0v) is 12.5. The second-order valence-corrected chi connectivity index (χ2v) is 6.37. The van der Waals surface area contributed by atoms with Gasteiger partial charge in [-0.3, -0.25) is 0 Å². The van der Waals surface area contributed by atoms with Gasteiger partial charge in [-0.25, -0.2) is 0 Å². The lowest BCUT2D eigenvalue weighted by Gasteiger charge is -2.27. The fourth-order valence-corrected chi connectivity index (χ4v) is 3.43. The van der Waals surface area contributed by atoms with Crippen LogP contribution in [0.5, 0.6) is 0 Å². The summed E-state index contributed by atoms with van der Waals surface area (Å²) in [6, 6.07) is 0.793. The highest BCUT2D eigenvalue weighted by molar-refractivity contribution is 4.84. The molecule has 1 nitrogen and oxygen atoms in total. The molecule has 17 heavy (non-hydrogen) atoms. The van der Waals surface area contributed by atoms with E-state index < -0.39 is 0 Å². The molecule has 0 aromatic rings. The largest absolute Gasteiger partial charge is 0.314 e. The fraction of sp³-hybridized carbons (Fsp3) is 1.00. The van der Waals surface area contributed by atoms with E-state index >= 15 is 0 Å². The van der Waals surface area contributed by atoms with E-state index in [-0.39, 0.29) is 0 Å². The Hall–Kier alpha value is -0.0400. The van der Waals surface area contributed by atoms with Gasteiger partial charge in [-0.15, -0.1) is 0 Å². The van der Waals surface area contributed by atoms with E-state index in [2.05, 4.69) is 33.0 Å². The third-order valence-corrected chi connectivity index (χ3v) is 4.40. The van der Waals surface area contributed by atoms with E-state index in [0.29, 0.717) is 0 Å². The highest BCUT2D eigenvalue weighted by Crippen LogP contribution is 2.34. The average Bonchev–Trinajstić information content (AvgIpc) is 2.71. The molecule has 0 aromatic heterocycles. The van der Waals surface area contributed by atoms with E-state index in [1.54, 1.807) is 0 Å². The van der Waals surface area contributed by atoms with Crippen molar-refractivity contribution >= 4 is 0 Å². The Morgan fingerprint density at radius 1 is 1.18 bits per heavy atom. The minimum absolute atomic E-state index is 0.793. The monoisotopic (exact) mass is 239 g/mol. The second kappa shape index (κ2) is 8.13. The Morgan fingerprint density at radius 2 is 1.94 bits per heavy atom. The SMILES string of the molecule is CCCNC(CC(C)CCC)C1CCC(C)C1. The molecule has 1 aliphatic carbocycles. The van der Waals surface area contributed by atoms with E-state index in [1.807, 2.05) is 0 Å². The van der Waals surface area contributed by atoms with E-state index in [4.69, 9.17) is 0 Å². The maximum Gasteiger partial charge on any atom is 0.00979 e. The molecular weight excluding hydrogens is 206 g/mol. The first-order valence-corrected chi connectivity index (χ1v) is 7.90. The molecule has 0 saturated heterocycles. The van der Waals surface area contributed by atoms with Gasteiger partial charge in [0.05, 0.1) is 0 Å². The van der Waals surface area contributed by atoms with Crippen LogP contribution < -0.4 is 5.32 Å². The van der Waals surface area contributed by atoms with Gasteiger partial charge in [-0.2, -0.15) is 0 Å². The van der Waals surface area contributed by atoms with Crippen LogP contribution in [-0.2, 0) is 0 Å². The molecule has 0 aromatic carbocycles. The molecule has 102 valence electrons. The van der Waals surface area contributed by atoms with Gasteiger partial charge in [-0.05, 0) is 50.0 Å². The molecule has 0 aliphatic heterocycles. The van der Waals surface area contributed by atoms with Crippen LogP contribution in [0.15, 0.2) is 0 Å².